The number of imidazole rings is 1. The molecule has 0 fully saturated rings. The van der Waals surface area contributed by atoms with Crippen LogP contribution in [0, 0.1) is 0 Å². The standard InChI is InChI=1S/C10H16N6O2S/c1-4-16-8-12-13-9(16)5-15(3)19(17,18)10-6-14(2)7-11-10/h6-8H,4-5H2,1-3H3. The Labute approximate surface area is 111 Å². The lowest BCUT2D eigenvalue weighted by Crippen LogP contribution is -2.28. The molecule has 0 aromatic carbocycles. The van der Waals surface area contributed by atoms with Crippen LogP contribution in [0.5, 0.6) is 0 Å². The van der Waals surface area contributed by atoms with Crippen LogP contribution >= 0.6 is 0 Å². The van der Waals surface area contributed by atoms with E-state index in [9.17, 15) is 8.42 Å². The fourth-order valence-electron chi connectivity index (χ4n) is 1.63. The third-order valence-corrected chi connectivity index (χ3v) is 4.45. The Morgan fingerprint density at radius 3 is 2.68 bits per heavy atom. The molecule has 0 unspecified atom stereocenters. The van der Waals surface area contributed by atoms with Crippen LogP contribution in [-0.2, 0) is 30.2 Å². The highest BCUT2D eigenvalue weighted by molar-refractivity contribution is 7.89. The quantitative estimate of drug-likeness (QED) is 0.762. The van der Waals surface area contributed by atoms with Crippen LogP contribution in [0.3, 0.4) is 0 Å². The Kier molecular flexibility index (Phi) is 3.67. The predicted molar refractivity (Wildman–Crippen MR) is 67.6 cm³/mol. The SMILES string of the molecule is CCn1cnnc1CN(C)S(=O)(=O)c1cn(C)cn1. The van der Waals surface area contributed by atoms with Gasteiger partial charge in [-0.25, -0.2) is 13.4 Å². The van der Waals surface area contributed by atoms with E-state index in [0.717, 1.165) is 0 Å². The molecule has 0 aliphatic carbocycles. The van der Waals surface area contributed by atoms with E-state index in [2.05, 4.69) is 15.2 Å². The smallest absolute Gasteiger partial charge is 0.262 e. The zero-order valence-corrected chi connectivity index (χ0v) is 11.9. The number of rotatable bonds is 5. The van der Waals surface area contributed by atoms with Crippen molar-refractivity contribution in [3.63, 3.8) is 0 Å². The van der Waals surface area contributed by atoms with Gasteiger partial charge >= 0.3 is 0 Å². The summed E-state index contributed by atoms with van der Waals surface area (Å²) in [6.45, 7) is 2.80. The van der Waals surface area contributed by atoms with Crippen molar-refractivity contribution in [1.82, 2.24) is 28.6 Å². The Morgan fingerprint density at radius 1 is 1.37 bits per heavy atom. The van der Waals surface area contributed by atoms with Crippen molar-refractivity contribution in [2.45, 2.75) is 25.0 Å². The molecule has 0 radical (unpaired) electrons. The minimum atomic E-state index is -3.60. The van der Waals surface area contributed by atoms with Crippen molar-refractivity contribution in [1.29, 1.82) is 0 Å². The summed E-state index contributed by atoms with van der Waals surface area (Å²) in [5, 5.41) is 7.73. The molecule has 0 atom stereocenters. The first-order valence-corrected chi connectivity index (χ1v) is 7.20. The molecule has 0 bridgehead atoms. The normalized spacial score (nSPS) is 12.2. The number of hydrogen-bond donors (Lipinski definition) is 0. The van der Waals surface area contributed by atoms with Crippen molar-refractivity contribution < 1.29 is 8.42 Å². The van der Waals surface area contributed by atoms with Gasteiger partial charge in [0, 0.05) is 26.8 Å². The summed E-state index contributed by atoms with van der Waals surface area (Å²) in [5.74, 6) is 0.601. The van der Waals surface area contributed by atoms with Gasteiger partial charge < -0.3 is 9.13 Å². The summed E-state index contributed by atoms with van der Waals surface area (Å²) in [5.41, 5.74) is 0. The van der Waals surface area contributed by atoms with Crippen LogP contribution in [0.25, 0.3) is 0 Å². The molecule has 2 rings (SSSR count). The predicted octanol–water partition coefficient (Wildman–Crippen LogP) is -0.148. The maximum absolute atomic E-state index is 12.3. The number of aryl methyl sites for hydroxylation is 2. The maximum Gasteiger partial charge on any atom is 0.262 e. The van der Waals surface area contributed by atoms with Gasteiger partial charge in [-0.3, -0.25) is 0 Å². The van der Waals surface area contributed by atoms with E-state index in [4.69, 9.17) is 0 Å². The molecule has 2 aromatic rings. The van der Waals surface area contributed by atoms with Crippen LogP contribution in [0.4, 0.5) is 0 Å². The van der Waals surface area contributed by atoms with E-state index in [1.807, 2.05) is 6.92 Å². The van der Waals surface area contributed by atoms with E-state index < -0.39 is 10.0 Å². The number of hydrogen-bond acceptors (Lipinski definition) is 5. The van der Waals surface area contributed by atoms with Crippen molar-refractivity contribution in [2.24, 2.45) is 7.05 Å². The fourth-order valence-corrected chi connectivity index (χ4v) is 2.72. The molecule has 0 aliphatic heterocycles. The third-order valence-electron chi connectivity index (χ3n) is 2.76. The Balaban J connectivity index is 2.22. The van der Waals surface area contributed by atoms with E-state index in [1.54, 1.807) is 22.5 Å². The van der Waals surface area contributed by atoms with Crippen LogP contribution in [-0.4, -0.2) is 44.1 Å². The van der Waals surface area contributed by atoms with Gasteiger partial charge in [-0.15, -0.1) is 10.2 Å². The van der Waals surface area contributed by atoms with E-state index in [1.165, 1.54) is 23.9 Å². The van der Waals surface area contributed by atoms with Gasteiger partial charge in [-0.2, -0.15) is 4.31 Å². The van der Waals surface area contributed by atoms with Gasteiger partial charge in [-0.05, 0) is 6.92 Å². The molecular formula is C10H16N6O2S. The maximum atomic E-state index is 12.3. The molecule has 0 saturated carbocycles. The molecule has 0 amide bonds. The zero-order chi connectivity index (χ0) is 14.0. The molecular weight excluding hydrogens is 268 g/mol. The second-order valence-corrected chi connectivity index (χ2v) is 6.16. The van der Waals surface area contributed by atoms with E-state index in [0.29, 0.717) is 12.4 Å². The Bertz CT molecular complexity index is 659. The highest BCUT2D eigenvalue weighted by atomic mass is 32.2. The second kappa shape index (κ2) is 5.10. The molecule has 0 aliphatic rings. The lowest BCUT2D eigenvalue weighted by molar-refractivity contribution is 0.445. The first-order valence-electron chi connectivity index (χ1n) is 5.76. The number of aromatic nitrogens is 5. The molecule has 104 valence electrons. The van der Waals surface area contributed by atoms with Gasteiger partial charge in [0.25, 0.3) is 10.0 Å². The lowest BCUT2D eigenvalue weighted by Gasteiger charge is -2.15. The van der Waals surface area contributed by atoms with Crippen LogP contribution in [0.2, 0.25) is 0 Å². The number of nitrogens with zero attached hydrogens (tertiary/aromatic N) is 6. The van der Waals surface area contributed by atoms with E-state index >= 15 is 0 Å². The Morgan fingerprint density at radius 2 is 2.11 bits per heavy atom. The molecule has 0 spiro atoms. The Hall–Kier alpha value is -1.74. The van der Waals surface area contributed by atoms with Gasteiger partial charge in [0.15, 0.2) is 5.03 Å². The van der Waals surface area contributed by atoms with Crippen LogP contribution in [0.1, 0.15) is 12.7 Å². The molecule has 8 nitrogen and oxygen atoms in total. The van der Waals surface area contributed by atoms with Crippen LogP contribution in [0.15, 0.2) is 23.9 Å². The summed E-state index contributed by atoms with van der Waals surface area (Å²) >= 11 is 0. The summed E-state index contributed by atoms with van der Waals surface area (Å²) in [6.07, 6.45) is 4.50. The van der Waals surface area contributed by atoms with E-state index in [-0.39, 0.29) is 11.6 Å². The average Bonchev–Trinajstić information content (AvgIpc) is 2.97. The third kappa shape index (κ3) is 2.66. The van der Waals surface area contributed by atoms with Gasteiger partial charge in [0.1, 0.15) is 12.2 Å². The highest BCUT2D eigenvalue weighted by Gasteiger charge is 2.24. The average molecular weight is 284 g/mol. The summed E-state index contributed by atoms with van der Waals surface area (Å²) in [4.78, 5) is 3.87. The molecule has 2 heterocycles. The van der Waals surface area contributed by atoms with Crippen molar-refractivity contribution >= 4 is 10.0 Å². The van der Waals surface area contributed by atoms with Gasteiger partial charge in [0.2, 0.25) is 0 Å². The topological polar surface area (TPSA) is 85.9 Å². The summed E-state index contributed by atoms with van der Waals surface area (Å²) in [6, 6.07) is 0. The summed E-state index contributed by atoms with van der Waals surface area (Å²) < 4.78 is 29.1. The first kappa shape index (κ1) is 13.7. The van der Waals surface area contributed by atoms with Crippen molar-refractivity contribution in [3.05, 3.63) is 24.7 Å². The first-order chi connectivity index (χ1) is 8.95. The minimum Gasteiger partial charge on any atom is -0.339 e. The fraction of sp³-hybridized carbons (Fsp3) is 0.500. The molecule has 19 heavy (non-hydrogen) atoms. The summed E-state index contributed by atoms with van der Waals surface area (Å²) in [7, 11) is -0.378. The molecule has 9 heteroatoms. The largest absolute Gasteiger partial charge is 0.339 e. The lowest BCUT2D eigenvalue weighted by atomic mass is 10.5. The van der Waals surface area contributed by atoms with Crippen molar-refractivity contribution in [3.8, 4) is 0 Å². The van der Waals surface area contributed by atoms with Gasteiger partial charge in [0.05, 0.1) is 12.9 Å². The molecule has 2 aromatic heterocycles. The zero-order valence-electron chi connectivity index (χ0n) is 11.1. The van der Waals surface area contributed by atoms with Gasteiger partial charge in [-0.1, -0.05) is 0 Å². The number of sulfonamides is 1. The minimum absolute atomic E-state index is 0.0278. The molecule has 0 saturated heterocycles. The second-order valence-electron chi connectivity index (χ2n) is 4.17. The molecule has 0 N–H and O–H groups in total. The van der Waals surface area contributed by atoms with Crippen molar-refractivity contribution in [2.75, 3.05) is 7.05 Å². The monoisotopic (exact) mass is 284 g/mol. The highest BCUT2D eigenvalue weighted by Crippen LogP contribution is 2.13. The van der Waals surface area contributed by atoms with Crippen LogP contribution < -0.4 is 0 Å².